The monoisotopic (exact) mass is 226 g/mol. The molecule has 0 fully saturated rings. The van der Waals surface area contributed by atoms with Crippen molar-refractivity contribution in [2.75, 3.05) is 0 Å². The molecular formula is C9H11BrN2. The fourth-order valence-electron chi connectivity index (χ4n) is 1.03. The molecule has 0 spiro atoms. The molecule has 0 aliphatic carbocycles. The molecule has 1 rings (SSSR count). The smallest absolute Gasteiger partial charge is 0.111 e. The normalized spacial score (nSPS) is 11.0. The van der Waals surface area contributed by atoms with E-state index in [0.717, 1.165) is 21.4 Å². The van der Waals surface area contributed by atoms with Gasteiger partial charge in [0.05, 0.1) is 5.69 Å². The van der Waals surface area contributed by atoms with E-state index in [1.807, 2.05) is 27.0 Å². The summed E-state index contributed by atoms with van der Waals surface area (Å²) in [6.07, 6.45) is 3.61. The topological polar surface area (TPSA) is 25.2 Å². The summed E-state index contributed by atoms with van der Waals surface area (Å²) < 4.78 is 0.869. The number of aliphatic imine (C=N–C) groups is 1. The van der Waals surface area contributed by atoms with Gasteiger partial charge >= 0.3 is 0 Å². The zero-order chi connectivity index (χ0) is 9.14. The van der Waals surface area contributed by atoms with Crippen molar-refractivity contribution in [2.24, 2.45) is 4.99 Å². The summed E-state index contributed by atoms with van der Waals surface area (Å²) in [6.45, 7) is 5.93. The molecule has 1 aromatic heterocycles. The van der Waals surface area contributed by atoms with Gasteiger partial charge < -0.3 is 0 Å². The maximum atomic E-state index is 4.27. The number of hydrogen-bond donors (Lipinski definition) is 0. The maximum absolute atomic E-state index is 4.27. The molecule has 0 aliphatic rings. The fourth-order valence-corrected chi connectivity index (χ4v) is 1.32. The highest BCUT2D eigenvalue weighted by Gasteiger charge is 2.04. The number of rotatable bonds is 1. The minimum Gasteiger partial charge on any atom is -0.261 e. The van der Waals surface area contributed by atoms with Crippen LogP contribution in [-0.2, 0) is 0 Å². The molecule has 12 heavy (non-hydrogen) atoms. The van der Waals surface area contributed by atoms with Crippen molar-refractivity contribution in [3.05, 3.63) is 21.9 Å². The average molecular weight is 227 g/mol. The Balaban J connectivity index is 3.32. The first kappa shape index (κ1) is 9.39. The predicted molar refractivity (Wildman–Crippen MR) is 55.2 cm³/mol. The van der Waals surface area contributed by atoms with Crippen LogP contribution in [0, 0.1) is 13.8 Å². The molecule has 2 nitrogen and oxygen atoms in total. The summed E-state index contributed by atoms with van der Waals surface area (Å²) in [6, 6.07) is 0. The Kier molecular flexibility index (Phi) is 2.98. The molecule has 0 radical (unpaired) electrons. The minimum atomic E-state index is 0.869. The molecule has 3 heteroatoms. The number of nitrogens with zero attached hydrogens (tertiary/aromatic N) is 2. The van der Waals surface area contributed by atoms with Crippen molar-refractivity contribution < 1.29 is 0 Å². The van der Waals surface area contributed by atoms with Crippen LogP contribution in [0.3, 0.4) is 0 Å². The molecule has 0 bridgehead atoms. The highest BCUT2D eigenvalue weighted by molar-refractivity contribution is 9.10. The van der Waals surface area contributed by atoms with Crippen molar-refractivity contribution in [3.63, 3.8) is 0 Å². The van der Waals surface area contributed by atoms with Crippen molar-refractivity contribution in [1.29, 1.82) is 0 Å². The van der Waals surface area contributed by atoms with E-state index in [9.17, 15) is 0 Å². The summed E-state index contributed by atoms with van der Waals surface area (Å²) in [5.41, 5.74) is 3.21. The van der Waals surface area contributed by atoms with Gasteiger partial charge in [-0.3, -0.25) is 4.99 Å². The third-order valence-electron chi connectivity index (χ3n) is 1.67. The molecule has 0 unspecified atom stereocenters. The molecule has 0 saturated carbocycles. The first-order valence-electron chi connectivity index (χ1n) is 3.77. The average Bonchev–Trinajstić information content (AvgIpc) is 2.06. The Morgan fingerprint density at radius 2 is 2.17 bits per heavy atom. The second kappa shape index (κ2) is 3.81. The first-order chi connectivity index (χ1) is 5.66. The standard InChI is InChI=1S/C9H11BrN2/c1-4-11-8-6(2)5-12-9(10)7(8)3/h4-5H,1-3H3. The molecule has 0 saturated heterocycles. The molecule has 1 heterocycles. The van der Waals surface area contributed by atoms with Gasteiger partial charge in [-0.05, 0) is 42.3 Å². The van der Waals surface area contributed by atoms with Crippen LogP contribution in [0.1, 0.15) is 18.1 Å². The van der Waals surface area contributed by atoms with Crippen LogP contribution >= 0.6 is 15.9 Å². The van der Waals surface area contributed by atoms with E-state index in [1.165, 1.54) is 0 Å². The number of aryl methyl sites for hydroxylation is 1. The molecule has 0 aliphatic heterocycles. The summed E-state index contributed by atoms with van der Waals surface area (Å²) in [5, 5.41) is 0. The van der Waals surface area contributed by atoms with Gasteiger partial charge in [0.2, 0.25) is 0 Å². The molecule has 0 N–H and O–H groups in total. The number of pyridine rings is 1. The second-order valence-electron chi connectivity index (χ2n) is 2.59. The second-order valence-corrected chi connectivity index (χ2v) is 3.34. The van der Waals surface area contributed by atoms with Gasteiger partial charge in [0.1, 0.15) is 4.60 Å². The summed E-state index contributed by atoms with van der Waals surface area (Å²) >= 11 is 3.37. The van der Waals surface area contributed by atoms with E-state index in [2.05, 4.69) is 25.9 Å². The van der Waals surface area contributed by atoms with Crippen LogP contribution in [0.25, 0.3) is 0 Å². The Morgan fingerprint density at radius 1 is 1.50 bits per heavy atom. The van der Waals surface area contributed by atoms with Crippen LogP contribution in [-0.4, -0.2) is 11.2 Å². The Bertz CT molecular complexity index is 319. The number of halogens is 1. The summed E-state index contributed by atoms with van der Waals surface area (Å²) in [5.74, 6) is 0. The predicted octanol–water partition coefficient (Wildman–Crippen LogP) is 3.18. The van der Waals surface area contributed by atoms with Crippen LogP contribution < -0.4 is 0 Å². The summed E-state index contributed by atoms with van der Waals surface area (Å²) in [7, 11) is 0. The van der Waals surface area contributed by atoms with E-state index < -0.39 is 0 Å². The quantitative estimate of drug-likeness (QED) is 0.534. The van der Waals surface area contributed by atoms with Crippen molar-refractivity contribution >= 4 is 27.8 Å². The zero-order valence-corrected chi connectivity index (χ0v) is 9.01. The van der Waals surface area contributed by atoms with E-state index in [-0.39, 0.29) is 0 Å². The highest BCUT2D eigenvalue weighted by atomic mass is 79.9. The minimum absolute atomic E-state index is 0.869. The van der Waals surface area contributed by atoms with Crippen LogP contribution in [0.2, 0.25) is 0 Å². The van der Waals surface area contributed by atoms with E-state index >= 15 is 0 Å². The zero-order valence-electron chi connectivity index (χ0n) is 7.43. The van der Waals surface area contributed by atoms with Gasteiger partial charge in [0.15, 0.2) is 0 Å². The maximum Gasteiger partial charge on any atom is 0.111 e. The van der Waals surface area contributed by atoms with Crippen LogP contribution in [0.15, 0.2) is 15.8 Å². The molecule has 64 valence electrons. The third kappa shape index (κ3) is 1.72. The summed E-state index contributed by atoms with van der Waals surface area (Å²) in [4.78, 5) is 8.44. The molecule has 0 atom stereocenters. The Labute approximate surface area is 80.9 Å². The lowest BCUT2D eigenvalue weighted by Crippen LogP contribution is -1.86. The van der Waals surface area contributed by atoms with Gasteiger partial charge in [-0.25, -0.2) is 4.98 Å². The van der Waals surface area contributed by atoms with Crippen molar-refractivity contribution in [1.82, 2.24) is 4.98 Å². The Morgan fingerprint density at radius 3 is 2.75 bits per heavy atom. The lowest BCUT2D eigenvalue weighted by atomic mass is 10.2. The van der Waals surface area contributed by atoms with Gasteiger partial charge in [0.25, 0.3) is 0 Å². The van der Waals surface area contributed by atoms with Gasteiger partial charge in [0, 0.05) is 18.0 Å². The van der Waals surface area contributed by atoms with Gasteiger partial charge in [-0.1, -0.05) is 0 Å². The molecule has 1 aromatic rings. The van der Waals surface area contributed by atoms with E-state index in [1.54, 1.807) is 6.21 Å². The van der Waals surface area contributed by atoms with E-state index in [4.69, 9.17) is 0 Å². The van der Waals surface area contributed by atoms with Crippen molar-refractivity contribution in [2.45, 2.75) is 20.8 Å². The number of aromatic nitrogens is 1. The molecule has 0 aromatic carbocycles. The lowest BCUT2D eigenvalue weighted by Gasteiger charge is -2.04. The van der Waals surface area contributed by atoms with Crippen LogP contribution in [0.4, 0.5) is 5.69 Å². The fraction of sp³-hybridized carbons (Fsp3) is 0.333. The SMILES string of the molecule is CC=Nc1c(C)cnc(Br)c1C. The first-order valence-corrected chi connectivity index (χ1v) is 4.56. The van der Waals surface area contributed by atoms with Gasteiger partial charge in [-0.15, -0.1) is 0 Å². The third-order valence-corrected chi connectivity index (χ3v) is 2.47. The Hall–Kier alpha value is -0.700. The highest BCUT2D eigenvalue weighted by Crippen LogP contribution is 2.27. The van der Waals surface area contributed by atoms with Gasteiger partial charge in [-0.2, -0.15) is 0 Å². The molecular weight excluding hydrogens is 216 g/mol. The largest absolute Gasteiger partial charge is 0.261 e. The lowest BCUT2D eigenvalue weighted by molar-refractivity contribution is 1.17. The van der Waals surface area contributed by atoms with E-state index in [0.29, 0.717) is 0 Å². The molecule has 0 amide bonds. The van der Waals surface area contributed by atoms with Crippen molar-refractivity contribution in [3.8, 4) is 0 Å². The van der Waals surface area contributed by atoms with Crippen LogP contribution in [0.5, 0.6) is 0 Å². The number of hydrogen-bond acceptors (Lipinski definition) is 2.